The molecule has 0 aliphatic rings. The number of amides is 1. The van der Waals surface area contributed by atoms with Gasteiger partial charge in [0.25, 0.3) is 10.0 Å². The first-order valence-electron chi connectivity index (χ1n) is 13.1. The zero-order chi connectivity index (χ0) is 28.3. The van der Waals surface area contributed by atoms with Crippen LogP contribution in [0.1, 0.15) is 61.8 Å². The zero-order valence-corrected chi connectivity index (χ0v) is 24.2. The minimum atomic E-state index is -3.99. The van der Waals surface area contributed by atoms with Gasteiger partial charge in [-0.3, -0.25) is 14.8 Å². The lowest BCUT2D eigenvalue weighted by Crippen LogP contribution is -2.32. The zero-order valence-electron chi connectivity index (χ0n) is 23.4. The van der Waals surface area contributed by atoms with Crippen LogP contribution in [-0.4, -0.2) is 43.3 Å². The molecule has 0 aliphatic heterocycles. The molecule has 0 aliphatic carbocycles. The van der Waals surface area contributed by atoms with E-state index in [9.17, 15) is 13.2 Å². The topological polar surface area (TPSA) is 92.3 Å². The van der Waals surface area contributed by atoms with Gasteiger partial charge in [-0.2, -0.15) is 0 Å². The van der Waals surface area contributed by atoms with Crippen LogP contribution in [0.25, 0.3) is 22.2 Å². The Balaban J connectivity index is 1.65. The van der Waals surface area contributed by atoms with Crippen LogP contribution < -0.4 is 4.72 Å². The first kappa shape index (κ1) is 28.4. The predicted molar refractivity (Wildman–Crippen MR) is 156 cm³/mol. The number of aromatic nitrogens is 2. The molecule has 0 spiro atoms. The van der Waals surface area contributed by atoms with E-state index in [0.29, 0.717) is 6.54 Å². The Hall–Kier alpha value is -3.62. The molecule has 4 aromatic rings. The first-order chi connectivity index (χ1) is 18.4. The molecule has 0 saturated heterocycles. The number of benzene rings is 3. The number of nitrogens with one attached hydrogen (secondary N) is 1. The van der Waals surface area contributed by atoms with Gasteiger partial charge in [-0.25, -0.2) is 13.1 Å². The minimum absolute atomic E-state index is 0.0254. The van der Waals surface area contributed by atoms with Gasteiger partial charge >= 0.3 is 0 Å². The number of rotatable bonds is 9. The highest BCUT2D eigenvalue weighted by Gasteiger charge is 2.23. The fourth-order valence-electron chi connectivity index (χ4n) is 4.81. The summed E-state index contributed by atoms with van der Waals surface area (Å²) in [5.74, 6) is -0.289. The summed E-state index contributed by atoms with van der Waals surface area (Å²) in [4.78, 5) is 24.0. The van der Waals surface area contributed by atoms with Crippen molar-refractivity contribution in [2.75, 3.05) is 14.1 Å². The molecule has 0 atom stereocenters. The first-order valence-corrected chi connectivity index (χ1v) is 14.6. The molecule has 204 valence electrons. The second-order valence-electron chi connectivity index (χ2n) is 10.8. The van der Waals surface area contributed by atoms with Gasteiger partial charge in [-0.05, 0) is 83.6 Å². The molecule has 39 heavy (non-hydrogen) atoms. The number of carbonyl (C=O) groups is 1. The van der Waals surface area contributed by atoms with E-state index in [1.165, 1.54) is 12.1 Å². The van der Waals surface area contributed by atoms with Crippen LogP contribution in [0.4, 0.5) is 0 Å². The van der Waals surface area contributed by atoms with Crippen LogP contribution in [0.5, 0.6) is 0 Å². The van der Waals surface area contributed by atoms with Crippen molar-refractivity contribution in [2.24, 2.45) is 0 Å². The third-order valence-corrected chi connectivity index (χ3v) is 8.07. The molecule has 1 N–H and O–H groups in total. The number of carbonyl (C=O) groups excluding carboxylic acids is 1. The standard InChI is InChI=1S/C31H36N4O3S/c1-20(2)26-15-24(23-9-12-29-30(17-23)33-14-13-32-29)16-27(21(3)4)28(26)18-31(36)34-39(37,38)25-10-7-22(8-11-25)19-35(5)6/h7-17,20-21H,18-19H2,1-6H3,(H,34,36). The second-order valence-corrected chi connectivity index (χ2v) is 12.5. The molecule has 1 aromatic heterocycles. The van der Waals surface area contributed by atoms with E-state index in [-0.39, 0.29) is 23.2 Å². The number of fused-ring (bicyclic) bond motifs is 1. The maximum atomic E-state index is 13.2. The lowest BCUT2D eigenvalue weighted by atomic mass is 9.84. The maximum Gasteiger partial charge on any atom is 0.264 e. The second kappa shape index (κ2) is 11.6. The highest BCUT2D eigenvalue weighted by molar-refractivity contribution is 7.90. The van der Waals surface area contributed by atoms with Crippen LogP contribution in [0, 0.1) is 0 Å². The molecule has 4 rings (SSSR count). The smallest absolute Gasteiger partial charge is 0.264 e. The molecule has 8 heteroatoms. The van der Waals surface area contributed by atoms with Crippen molar-refractivity contribution >= 4 is 27.0 Å². The summed E-state index contributed by atoms with van der Waals surface area (Å²) < 4.78 is 28.3. The number of hydrogen-bond donors (Lipinski definition) is 1. The predicted octanol–water partition coefficient (Wildman–Crippen LogP) is 5.65. The molecular weight excluding hydrogens is 508 g/mol. The summed E-state index contributed by atoms with van der Waals surface area (Å²) in [5, 5.41) is 0. The lowest BCUT2D eigenvalue weighted by Gasteiger charge is -2.22. The van der Waals surface area contributed by atoms with Gasteiger partial charge in [0, 0.05) is 18.9 Å². The fraction of sp³-hybridized carbons (Fsp3) is 0.323. The van der Waals surface area contributed by atoms with E-state index >= 15 is 0 Å². The summed E-state index contributed by atoms with van der Waals surface area (Å²) in [5.41, 5.74) is 7.61. The third-order valence-electron chi connectivity index (χ3n) is 6.68. The van der Waals surface area contributed by atoms with Gasteiger partial charge < -0.3 is 4.90 Å². The van der Waals surface area contributed by atoms with Gasteiger partial charge in [0.2, 0.25) is 5.91 Å². The Labute approximate surface area is 231 Å². The number of sulfonamides is 1. The lowest BCUT2D eigenvalue weighted by molar-refractivity contribution is -0.118. The van der Waals surface area contributed by atoms with E-state index in [0.717, 1.165) is 44.4 Å². The maximum absolute atomic E-state index is 13.2. The molecular formula is C31H36N4O3S. The SMILES string of the molecule is CC(C)c1cc(-c2ccc3nccnc3c2)cc(C(C)C)c1CC(=O)NS(=O)(=O)c1ccc(CN(C)C)cc1. The normalized spacial score (nSPS) is 12.0. The van der Waals surface area contributed by atoms with Crippen molar-refractivity contribution in [1.82, 2.24) is 19.6 Å². The van der Waals surface area contributed by atoms with Crippen molar-refractivity contribution in [3.05, 3.63) is 89.2 Å². The quantitative estimate of drug-likeness (QED) is 0.293. The Morgan fingerprint density at radius 1 is 0.821 bits per heavy atom. The van der Waals surface area contributed by atoms with Crippen molar-refractivity contribution in [3.8, 4) is 11.1 Å². The molecule has 0 saturated carbocycles. The van der Waals surface area contributed by atoms with Crippen LogP contribution in [-0.2, 0) is 27.8 Å². The van der Waals surface area contributed by atoms with Crippen LogP contribution in [0.3, 0.4) is 0 Å². The highest BCUT2D eigenvalue weighted by Crippen LogP contribution is 2.34. The Morgan fingerprint density at radius 2 is 1.41 bits per heavy atom. The summed E-state index contributed by atoms with van der Waals surface area (Å²) in [6.45, 7) is 9.04. The van der Waals surface area contributed by atoms with Crippen LogP contribution >= 0.6 is 0 Å². The highest BCUT2D eigenvalue weighted by atomic mass is 32.2. The molecule has 1 heterocycles. The molecule has 0 unspecified atom stereocenters. The molecule has 1 amide bonds. The number of hydrogen-bond acceptors (Lipinski definition) is 6. The van der Waals surface area contributed by atoms with Crippen molar-refractivity contribution in [1.29, 1.82) is 0 Å². The average Bonchev–Trinajstić information content (AvgIpc) is 2.87. The van der Waals surface area contributed by atoms with Crippen LogP contribution in [0.2, 0.25) is 0 Å². The summed E-state index contributed by atoms with van der Waals surface area (Å²) in [6.07, 6.45) is 3.33. The Bertz CT molecular complexity index is 1570. The summed E-state index contributed by atoms with van der Waals surface area (Å²) in [6, 6.07) is 16.8. The van der Waals surface area contributed by atoms with Gasteiger partial charge in [-0.1, -0.05) is 58.0 Å². The van der Waals surface area contributed by atoms with Crippen molar-refractivity contribution in [3.63, 3.8) is 0 Å². The largest absolute Gasteiger partial charge is 0.305 e. The summed E-state index contributed by atoms with van der Waals surface area (Å²) in [7, 11) is -0.0907. The van der Waals surface area contributed by atoms with Crippen molar-refractivity contribution in [2.45, 2.75) is 57.4 Å². The molecule has 0 radical (unpaired) electrons. The van der Waals surface area contributed by atoms with Gasteiger partial charge in [0.1, 0.15) is 0 Å². The summed E-state index contributed by atoms with van der Waals surface area (Å²) >= 11 is 0. The molecule has 0 bridgehead atoms. The molecule has 0 fully saturated rings. The van der Waals surface area contributed by atoms with Gasteiger partial charge in [0.15, 0.2) is 0 Å². The molecule has 7 nitrogen and oxygen atoms in total. The average molecular weight is 545 g/mol. The van der Waals surface area contributed by atoms with E-state index < -0.39 is 15.9 Å². The van der Waals surface area contributed by atoms with Crippen molar-refractivity contribution < 1.29 is 13.2 Å². The van der Waals surface area contributed by atoms with E-state index in [1.54, 1.807) is 24.5 Å². The Kier molecular flexibility index (Phi) is 8.47. The Morgan fingerprint density at radius 3 is 1.97 bits per heavy atom. The van der Waals surface area contributed by atoms with Crippen LogP contribution in [0.15, 0.2) is 71.9 Å². The van der Waals surface area contributed by atoms with Gasteiger partial charge in [0.05, 0.1) is 22.3 Å². The van der Waals surface area contributed by atoms with E-state index in [2.05, 4.69) is 54.5 Å². The van der Waals surface area contributed by atoms with E-state index in [4.69, 9.17) is 0 Å². The number of nitrogens with zero attached hydrogens (tertiary/aromatic N) is 3. The van der Waals surface area contributed by atoms with Gasteiger partial charge in [-0.15, -0.1) is 0 Å². The fourth-order valence-corrected chi connectivity index (χ4v) is 5.79. The minimum Gasteiger partial charge on any atom is -0.305 e. The monoisotopic (exact) mass is 544 g/mol. The van der Waals surface area contributed by atoms with E-state index in [1.807, 2.05) is 37.2 Å². The molecule has 3 aromatic carbocycles. The third kappa shape index (κ3) is 6.69.